The summed E-state index contributed by atoms with van der Waals surface area (Å²) in [7, 11) is 0. The van der Waals surface area contributed by atoms with Crippen LogP contribution in [0.15, 0.2) is 30.6 Å². The van der Waals surface area contributed by atoms with Gasteiger partial charge in [0.25, 0.3) is 0 Å². The van der Waals surface area contributed by atoms with Crippen LogP contribution >= 0.6 is 0 Å². The largest absolute Gasteiger partial charge is 0.435 e. The highest BCUT2D eigenvalue weighted by Crippen LogP contribution is 2.27. The topological polar surface area (TPSA) is 50.9 Å². The van der Waals surface area contributed by atoms with Gasteiger partial charge in [-0.15, -0.1) is 0 Å². The smallest absolute Gasteiger partial charge is 0.389 e. The highest BCUT2D eigenvalue weighted by atomic mass is 19.4. The van der Waals surface area contributed by atoms with Crippen molar-refractivity contribution in [2.75, 3.05) is 0 Å². The van der Waals surface area contributed by atoms with E-state index in [-0.39, 0.29) is 5.82 Å². The zero-order valence-corrected chi connectivity index (χ0v) is 9.39. The second kappa shape index (κ2) is 4.41. The molecule has 0 aromatic carbocycles. The van der Waals surface area contributed by atoms with Gasteiger partial charge in [-0.2, -0.15) is 18.3 Å². The summed E-state index contributed by atoms with van der Waals surface area (Å²) in [5, 5.41) is 12.8. The Bertz CT molecular complexity index is 548. The molecule has 96 valence electrons. The zero-order valence-electron chi connectivity index (χ0n) is 9.39. The Morgan fingerprint density at radius 2 is 2.06 bits per heavy atom. The fraction of sp³-hybridized carbons (Fsp3) is 0.273. The maximum Gasteiger partial charge on any atom is 0.435 e. The monoisotopic (exact) mass is 257 g/mol. The van der Waals surface area contributed by atoms with Gasteiger partial charge in [-0.05, 0) is 30.7 Å². The van der Waals surface area contributed by atoms with Crippen LogP contribution in [0.5, 0.6) is 0 Å². The van der Waals surface area contributed by atoms with Crippen LogP contribution in [0.4, 0.5) is 13.2 Å². The van der Waals surface area contributed by atoms with Crippen molar-refractivity contribution in [3.05, 3.63) is 41.9 Å². The quantitative estimate of drug-likeness (QED) is 0.898. The Hall–Kier alpha value is -1.89. The zero-order chi connectivity index (χ0) is 13.3. The third-order valence-electron chi connectivity index (χ3n) is 2.37. The molecule has 0 aliphatic rings. The molecular formula is C11H10F3N3O. The molecule has 1 atom stereocenters. The van der Waals surface area contributed by atoms with E-state index in [1.165, 1.54) is 18.5 Å². The van der Waals surface area contributed by atoms with E-state index in [9.17, 15) is 18.3 Å². The van der Waals surface area contributed by atoms with Gasteiger partial charge in [0.15, 0.2) is 11.5 Å². The minimum absolute atomic E-state index is 0.226. The summed E-state index contributed by atoms with van der Waals surface area (Å²) in [5.41, 5.74) is -0.421. The summed E-state index contributed by atoms with van der Waals surface area (Å²) in [6, 6.07) is 3.94. The Morgan fingerprint density at radius 1 is 1.33 bits per heavy atom. The number of aromatic nitrogens is 3. The van der Waals surface area contributed by atoms with Crippen LogP contribution in [0.3, 0.4) is 0 Å². The van der Waals surface area contributed by atoms with Gasteiger partial charge in [-0.1, -0.05) is 0 Å². The van der Waals surface area contributed by atoms with Gasteiger partial charge >= 0.3 is 6.18 Å². The predicted molar refractivity (Wildman–Crippen MR) is 57.0 cm³/mol. The molecule has 0 unspecified atom stereocenters. The average molecular weight is 257 g/mol. The van der Waals surface area contributed by atoms with Crippen LogP contribution in [-0.2, 0) is 6.18 Å². The van der Waals surface area contributed by atoms with Gasteiger partial charge in [0, 0.05) is 12.4 Å². The molecule has 0 bridgehead atoms. The number of nitrogens with zero attached hydrogens (tertiary/aromatic N) is 3. The number of halogens is 3. The second-order valence-electron chi connectivity index (χ2n) is 3.77. The predicted octanol–water partition coefficient (Wildman–Crippen LogP) is 2.34. The average Bonchev–Trinajstić information content (AvgIpc) is 2.78. The summed E-state index contributed by atoms with van der Waals surface area (Å²) in [5.74, 6) is 0.226. The number of aliphatic hydroxyl groups is 1. The fourth-order valence-electron chi connectivity index (χ4n) is 1.42. The van der Waals surface area contributed by atoms with Gasteiger partial charge in [0.05, 0.1) is 6.10 Å². The first kappa shape index (κ1) is 12.6. The number of pyridine rings is 1. The lowest BCUT2D eigenvalue weighted by atomic mass is 10.2. The van der Waals surface area contributed by atoms with Crippen molar-refractivity contribution in [3.8, 4) is 5.82 Å². The lowest BCUT2D eigenvalue weighted by molar-refractivity contribution is -0.141. The third-order valence-corrected chi connectivity index (χ3v) is 2.37. The number of aliphatic hydroxyl groups excluding tert-OH is 1. The Kier molecular flexibility index (Phi) is 3.08. The molecule has 0 saturated heterocycles. The van der Waals surface area contributed by atoms with Gasteiger partial charge in [0.2, 0.25) is 0 Å². The summed E-state index contributed by atoms with van der Waals surface area (Å²) >= 11 is 0. The lowest BCUT2D eigenvalue weighted by Crippen LogP contribution is -2.08. The summed E-state index contributed by atoms with van der Waals surface area (Å²) in [6.07, 6.45) is -2.61. The first-order valence-corrected chi connectivity index (χ1v) is 5.15. The minimum Gasteiger partial charge on any atom is -0.389 e. The van der Waals surface area contributed by atoms with E-state index in [0.29, 0.717) is 5.56 Å². The first-order chi connectivity index (χ1) is 8.38. The molecule has 0 saturated carbocycles. The van der Waals surface area contributed by atoms with Crippen molar-refractivity contribution < 1.29 is 18.3 Å². The molecule has 0 aliphatic carbocycles. The van der Waals surface area contributed by atoms with Gasteiger partial charge in [0.1, 0.15) is 0 Å². The van der Waals surface area contributed by atoms with Crippen LogP contribution in [0.1, 0.15) is 24.3 Å². The Labute approximate surface area is 101 Å². The van der Waals surface area contributed by atoms with E-state index in [1.807, 2.05) is 0 Å². The van der Waals surface area contributed by atoms with Gasteiger partial charge in [-0.25, -0.2) is 9.67 Å². The molecule has 0 spiro atoms. The number of rotatable bonds is 2. The molecule has 0 fully saturated rings. The Morgan fingerprint density at radius 3 is 2.61 bits per heavy atom. The molecule has 0 aliphatic heterocycles. The van der Waals surface area contributed by atoms with Crippen molar-refractivity contribution in [3.63, 3.8) is 0 Å². The standard InChI is InChI=1S/C11H10F3N3O/c1-7(18)8-2-4-15-10(6-8)17-5-3-9(16-17)11(12,13)14/h2-7,18H,1H3/t7-/m1/s1. The van der Waals surface area contributed by atoms with E-state index < -0.39 is 18.0 Å². The fourth-order valence-corrected chi connectivity index (χ4v) is 1.42. The summed E-state index contributed by atoms with van der Waals surface area (Å²) in [6.45, 7) is 1.56. The first-order valence-electron chi connectivity index (χ1n) is 5.15. The van der Waals surface area contributed by atoms with Crippen LogP contribution < -0.4 is 0 Å². The normalized spacial score (nSPS) is 13.6. The number of hydrogen-bond acceptors (Lipinski definition) is 3. The van der Waals surface area contributed by atoms with Crippen molar-refractivity contribution >= 4 is 0 Å². The molecular weight excluding hydrogens is 247 g/mol. The van der Waals surface area contributed by atoms with Crippen LogP contribution in [0.2, 0.25) is 0 Å². The molecule has 4 nitrogen and oxygen atoms in total. The number of alkyl halides is 3. The summed E-state index contributed by atoms with van der Waals surface area (Å²) < 4.78 is 38.2. The maximum absolute atomic E-state index is 12.4. The minimum atomic E-state index is -4.48. The third kappa shape index (κ3) is 2.51. The van der Waals surface area contributed by atoms with Crippen LogP contribution in [-0.4, -0.2) is 19.9 Å². The Balaban J connectivity index is 2.37. The van der Waals surface area contributed by atoms with Crippen molar-refractivity contribution in [2.45, 2.75) is 19.2 Å². The van der Waals surface area contributed by atoms with Gasteiger partial charge in [-0.3, -0.25) is 0 Å². The lowest BCUT2D eigenvalue weighted by Gasteiger charge is -2.06. The molecule has 0 radical (unpaired) electrons. The summed E-state index contributed by atoms with van der Waals surface area (Å²) in [4.78, 5) is 3.91. The highest BCUT2D eigenvalue weighted by Gasteiger charge is 2.33. The molecule has 2 heterocycles. The number of hydrogen-bond donors (Lipinski definition) is 1. The van der Waals surface area contributed by atoms with E-state index in [1.54, 1.807) is 13.0 Å². The SMILES string of the molecule is C[C@@H](O)c1ccnc(-n2ccc(C(F)(F)F)n2)c1. The van der Waals surface area contributed by atoms with Crippen LogP contribution in [0.25, 0.3) is 5.82 Å². The van der Waals surface area contributed by atoms with Crippen molar-refractivity contribution in [2.24, 2.45) is 0 Å². The van der Waals surface area contributed by atoms with E-state index in [4.69, 9.17) is 0 Å². The molecule has 0 amide bonds. The van der Waals surface area contributed by atoms with Crippen molar-refractivity contribution in [1.29, 1.82) is 0 Å². The van der Waals surface area contributed by atoms with E-state index in [2.05, 4.69) is 10.1 Å². The van der Waals surface area contributed by atoms with E-state index in [0.717, 1.165) is 10.7 Å². The van der Waals surface area contributed by atoms with Gasteiger partial charge < -0.3 is 5.11 Å². The molecule has 7 heteroatoms. The molecule has 2 aromatic heterocycles. The molecule has 18 heavy (non-hydrogen) atoms. The molecule has 2 aromatic rings. The van der Waals surface area contributed by atoms with Crippen molar-refractivity contribution in [1.82, 2.24) is 14.8 Å². The highest BCUT2D eigenvalue weighted by molar-refractivity contribution is 5.28. The molecule has 2 rings (SSSR count). The van der Waals surface area contributed by atoms with E-state index >= 15 is 0 Å². The second-order valence-corrected chi connectivity index (χ2v) is 3.77. The molecule has 1 N–H and O–H groups in total. The van der Waals surface area contributed by atoms with Crippen LogP contribution in [0, 0.1) is 0 Å². The maximum atomic E-state index is 12.4.